The minimum Gasteiger partial charge on any atom is -0.489 e. The third-order valence-corrected chi connectivity index (χ3v) is 12.5. The van der Waals surface area contributed by atoms with Crippen molar-refractivity contribution in [2.45, 2.75) is 66.3 Å². The van der Waals surface area contributed by atoms with E-state index in [2.05, 4.69) is 31.7 Å². The Morgan fingerprint density at radius 1 is 0.952 bits per heavy atom. The molecule has 0 spiro atoms. The summed E-state index contributed by atoms with van der Waals surface area (Å²) in [5.74, 6) is 0.359. The third-order valence-electron chi connectivity index (χ3n) is 12.2. The van der Waals surface area contributed by atoms with Gasteiger partial charge in [0.15, 0.2) is 5.82 Å². The third kappa shape index (κ3) is 8.44. The summed E-state index contributed by atoms with van der Waals surface area (Å²) >= 11 is 6.22. The van der Waals surface area contributed by atoms with E-state index in [4.69, 9.17) is 31.2 Å². The van der Waals surface area contributed by atoms with E-state index in [1.165, 1.54) is 12.4 Å². The maximum atomic E-state index is 13.3. The van der Waals surface area contributed by atoms with Crippen LogP contribution in [0.5, 0.6) is 5.75 Å². The maximum absolute atomic E-state index is 13.3. The van der Waals surface area contributed by atoms with Crippen LogP contribution < -0.4 is 15.4 Å². The van der Waals surface area contributed by atoms with E-state index >= 15 is 0 Å². The number of fused-ring (bicyclic) bond motifs is 2. The highest BCUT2D eigenvalue weighted by molar-refractivity contribution is 6.31. The Morgan fingerprint density at radius 2 is 1.73 bits per heavy atom. The number of carbonyl (C=O) groups excluding carboxylic acids is 3. The fourth-order valence-corrected chi connectivity index (χ4v) is 9.35. The zero-order valence-electron chi connectivity index (χ0n) is 35.9. The van der Waals surface area contributed by atoms with E-state index in [1.54, 1.807) is 37.4 Å². The fraction of sp³-hybridized carbons (Fsp3) is 0.340. The standard InChI is InChI=1S/C47H47ClN10O5/c1-27(59)58-16-14-39-35(25-58)41(56-57(39)6)33-9-7-8-28-18-38(52-24-34(28)33)30-11-13-37(51-21-30)43(61)50-15-17-62-26-40-53-22-31(23-54-40)42(60)55-44-46(2,3)45(47(44,4)5)63-32-12-10-29(20-49)36(48)19-32/h7-13,18-19,21-24,44-45H,14-17,25-26H2,1-6H3,(H,50,61)(H,55,60). The number of nitrogens with zero attached hydrogens (tertiary/aromatic N) is 8. The molecule has 0 radical (unpaired) electrons. The van der Waals surface area contributed by atoms with Crippen molar-refractivity contribution >= 4 is 40.1 Å². The molecule has 3 amide bonds. The van der Waals surface area contributed by atoms with Gasteiger partial charge < -0.3 is 25.0 Å². The van der Waals surface area contributed by atoms with Gasteiger partial charge in [-0.05, 0) is 35.7 Å². The number of nitriles is 1. The smallest absolute Gasteiger partial charge is 0.269 e. The molecule has 16 heteroatoms. The van der Waals surface area contributed by atoms with E-state index < -0.39 is 10.8 Å². The summed E-state index contributed by atoms with van der Waals surface area (Å²) < 4.78 is 13.9. The Balaban J connectivity index is 0.803. The summed E-state index contributed by atoms with van der Waals surface area (Å²) in [6.07, 6.45) is 6.92. The van der Waals surface area contributed by atoms with E-state index in [0.29, 0.717) is 46.5 Å². The summed E-state index contributed by atoms with van der Waals surface area (Å²) in [5, 5.41) is 22.3. The van der Waals surface area contributed by atoms with Crippen LogP contribution in [0.3, 0.4) is 0 Å². The monoisotopic (exact) mass is 866 g/mol. The number of hydrogen-bond acceptors (Lipinski definition) is 11. The number of nitrogens with one attached hydrogen (secondary N) is 2. The quantitative estimate of drug-likeness (QED) is 0.128. The van der Waals surface area contributed by atoms with E-state index in [0.717, 1.165) is 45.3 Å². The van der Waals surface area contributed by atoms with E-state index in [-0.39, 0.29) is 55.3 Å². The number of hydrogen-bond donors (Lipinski definition) is 2. The second kappa shape index (κ2) is 17.2. The highest BCUT2D eigenvalue weighted by Crippen LogP contribution is 2.55. The summed E-state index contributed by atoms with van der Waals surface area (Å²) in [7, 11) is 1.95. The lowest BCUT2D eigenvalue weighted by molar-refractivity contribution is -0.164. The molecule has 5 heterocycles. The number of halogens is 1. The van der Waals surface area contributed by atoms with Gasteiger partial charge in [-0.2, -0.15) is 10.4 Å². The summed E-state index contributed by atoms with van der Waals surface area (Å²) in [4.78, 5) is 58.0. The number of pyridine rings is 2. The molecule has 1 aliphatic carbocycles. The Bertz CT molecular complexity index is 2770. The first kappa shape index (κ1) is 42.9. The van der Waals surface area contributed by atoms with E-state index in [1.807, 2.05) is 80.9 Å². The first-order valence-corrected chi connectivity index (χ1v) is 21.0. The number of amides is 3. The van der Waals surface area contributed by atoms with Crippen molar-refractivity contribution in [3.05, 3.63) is 118 Å². The van der Waals surface area contributed by atoms with Crippen LogP contribution in [-0.4, -0.2) is 84.2 Å². The second-order valence-electron chi connectivity index (χ2n) is 17.1. The lowest BCUT2D eigenvalue weighted by atomic mass is 9.49. The number of carbonyl (C=O) groups is 3. The molecule has 2 aromatic carbocycles. The highest BCUT2D eigenvalue weighted by Gasteiger charge is 2.64. The molecule has 0 saturated heterocycles. The average molecular weight is 867 g/mol. The van der Waals surface area contributed by atoms with Crippen molar-refractivity contribution < 1.29 is 23.9 Å². The van der Waals surface area contributed by atoms with Crippen molar-refractivity contribution in [1.29, 1.82) is 5.26 Å². The molecule has 4 aromatic heterocycles. The zero-order valence-corrected chi connectivity index (χ0v) is 36.7. The van der Waals surface area contributed by atoms with Crippen molar-refractivity contribution in [2.24, 2.45) is 17.9 Å². The molecule has 322 valence electrons. The number of rotatable bonds is 12. The second-order valence-corrected chi connectivity index (χ2v) is 17.5. The van der Waals surface area contributed by atoms with Crippen LogP contribution in [0.15, 0.2) is 79.4 Å². The minimum atomic E-state index is -0.421. The lowest BCUT2D eigenvalue weighted by Gasteiger charge is -2.63. The van der Waals surface area contributed by atoms with Gasteiger partial charge in [0.05, 0.1) is 34.1 Å². The molecule has 2 aliphatic rings. The van der Waals surface area contributed by atoms with E-state index in [9.17, 15) is 19.6 Å². The molecular formula is C47H47ClN10O5. The summed E-state index contributed by atoms with van der Waals surface area (Å²) in [5.41, 5.74) is 5.61. The molecule has 1 fully saturated rings. The fourth-order valence-electron chi connectivity index (χ4n) is 9.14. The average Bonchev–Trinajstić information content (AvgIpc) is 3.61. The Morgan fingerprint density at radius 3 is 2.43 bits per heavy atom. The molecule has 2 N–H and O–H groups in total. The van der Waals surface area contributed by atoms with Crippen LogP contribution in [0.25, 0.3) is 33.3 Å². The van der Waals surface area contributed by atoms with Crippen LogP contribution >= 0.6 is 11.6 Å². The van der Waals surface area contributed by atoms with Crippen molar-refractivity contribution in [3.63, 3.8) is 0 Å². The maximum Gasteiger partial charge on any atom is 0.269 e. The molecule has 6 aromatic rings. The summed E-state index contributed by atoms with van der Waals surface area (Å²) in [6.45, 7) is 11.5. The molecule has 1 aliphatic heterocycles. The normalized spacial score (nSPS) is 17.3. The molecular weight excluding hydrogens is 820 g/mol. The molecule has 15 nitrogen and oxygen atoms in total. The Kier molecular flexibility index (Phi) is 11.7. The van der Waals surface area contributed by atoms with Crippen molar-refractivity contribution in [1.82, 2.24) is 45.2 Å². The van der Waals surface area contributed by atoms with Crippen molar-refractivity contribution in [2.75, 3.05) is 19.7 Å². The van der Waals surface area contributed by atoms with Gasteiger partial charge >= 0.3 is 0 Å². The molecule has 63 heavy (non-hydrogen) atoms. The van der Waals surface area contributed by atoms with Gasteiger partial charge in [-0.1, -0.05) is 57.5 Å². The van der Waals surface area contributed by atoms with Crippen molar-refractivity contribution in [3.8, 4) is 34.3 Å². The van der Waals surface area contributed by atoms with Gasteiger partial charge in [0, 0.05) is 116 Å². The lowest BCUT2D eigenvalue weighted by Crippen LogP contribution is -2.74. The van der Waals surface area contributed by atoms with Gasteiger partial charge in [0.25, 0.3) is 11.8 Å². The SMILES string of the molecule is CC(=O)N1CCc2c(c(-c3cccc4cc(-c5ccc(C(=O)NCCOCc6ncc(C(=O)NC7C(C)(C)C(Oc8ccc(C#N)c(Cl)c8)C7(C)C)cn6)nc5)ncc34)nn2C)C1. The van der Waals surface area contributed by atoms with Crippen LogP contribution in [0.4, 0.5) is 0 Å². The zero-order chi connectivity index (χ0) is 44.6. The number of benzene rings is 2. The van der Waals surface area contributed by atoms with Crippen LogP contribution in [-0.2, 0) is 36.2 Å². The Hall–Kier alpha value is -6.76. The van der Waals surface area contributed by atoms with Crippen LogP contribution in [0.2, 0.25) is 5.02 Å². The van der Waals surface area contributed by atoms with Gasteiger partial charge in [-0.3, -0.25) is 29.0 Å². The molecule has 1 saturated carbocycles. The predicted octanol–water partition coefficient (Wildman–Crippen LogP) is 6.48. The molecule has 0 bridgehead atoms. The topological polar surface area (TPSA) is 190 Å². The number of ether oxygens (including phenoxy) is 2. The van der Waals surface area contributed by atoms with Crippen LogP contribution in [0.1, 0.15) is 78.1 Å². The first-order valence-electron chi connectivity index (χ1n) is 20.7. The highest BCUT2D eigenvalue weighted by atomic mass is 35.5. The first-order chi connectivity index (χ1) is 30.1. The van der Waals surface area contributed by atoms with Crippen LogP contribution in [0, 0.1) is 22.2 Å². The molecule has 0 unspecified atom stereocenters. The van der Waals surface area contributed by atoms with Gasteiger partial charge in [-0.15, -0.1) is 0 Å². The predicted molar refractivity (Wildman–Crippen MR) is 235 cm³/mol. The number of aryl methyl sites for hydroxylation is 1. The largest absolute Gasteiger partial charge is 0.489 e. The minimum absolute atomic E-state index is 0.0523. The van der Waals surface area contributed by atoms with Gasteiger partial charge in [0.2, 0.25) is 5.91 Å². The Labute approximate surface area is 369 Å². The molecule has 8 rings (SSSR count). The number of aromatic nitrogens is 6. The molecule has 0 atom stereocenters. The summed E-state index contributed by atoms with van der Waals surface area (Å²) in [6, 6.07) is 18.4. The van der Waals surface area contributed by atoms with Gasteiger partial charge in [0.1, 0.15) is 30.2 Å². The van der Waals surface area contributed by atoms with Gasteiger partial charge in [-0.25, -0.2) is 9.97 Å².